The molecule has 0 aliphatic heterocycles. The lowest BCUT2D eigenvalue weighted by atomic mass is 10.0. The average molecular weight is 227 g/mol. The number of rotatable bonds is 5. The van der Waals surface area contributed by atoms with Crippen LogP contribution < -0.4 is 4.74 Å². The fourth-order valence-electron chi connectivity index (χ4n) is 1.34. The van der Waals surface area contributed by atoms with E-state index in [1.165, 1.54) is 5.56 Å². The first-order valence-corrected chi connectivity index (χ1v) is 5.94. The Kier molecular flexibility index (Phi) is 4.97. The molecule has 0 aromatic heterocycles. The summed E-state index contributed by atoms with van der Waals surface area (Å²) in [5.41, 5.74) is 1.23. The van der Waals surface area contributed by atoms with Crippen LogP contribution in [0.4, 0.5) is 0 Å². The first-order chi connectivity index (χ1) is 7.13. The maximum atomic E-state index is 6.03. The van der Waals surface area contributed by atoms with Crippen molar-refractivity contribution in [3.05, 3.63) is 28.8 Å². The van der Waals surface area contributed by atoms with Gasteiger partial charge in [-0.15, -0.1) is 0 Å². The zero-order valence-electron chi connectivity index (χ0n) is 9.72. The zero-order chi connectivity index (χ0) is 11.3. The number of ether oxygens (including phenoxy) is 1. The Labute approximate surface area is 97.4 Å². The van der Waals surface area contributed by atoms with E-state index in [-0.39, 0.29) is 0 Å². The molecule has 2 heteroatoms. The summed E-state index contributed by atoms with van der Waals surface area (Å²) >= 11 is 6.03. The Hall–Kier alpha value is -0.690. The van der Waals surface area contributed by atoms with Crippen LogP contribution in [0.25, 0.3) is 0 Å². The van der Waals surface area contributed by atoms with Gasteiger partial charge in [0.15, 0.2) is 0 Å². The van der Waals surface area contributed by atoms with Gasteiger partial charge in [-0.3, -0.25) is 0 Å². The molecule has 0 N–H and O–H groups in total. The number of hydrogen-bond donors (Lipinski definition) is 0. The molecule has 0 bridgehead atoms. The highest BCUT2D eigenvalue weighted by atomic mass is 35.5. The van der Waals surface area contributed by atoms with E-state index >= 15 is 0 Å². The van der Waals surface area contributed by atoms with Crippen molar-refractivity contribution in [3.63, 3.8) is 0 Å². The molecule has 0 fully saturated rings. The lowest BCUT2D eigenvalue weighted by Gasteiger charge is -2.10. The molecule has 0 saturated carbocycles. The van der Waals surface area contributed by atoms with Gasteiger partial charge in [0.2, 0.25) is 0 Å². The van der Waals surface area contributed by atoms with Crippen molar-refractivity contribution in [2.24, 2.45) is 0 Å². The SMILES string of the molecule is CCCCOc1cc(Cl)cc(C(C)C)c1. The fraction of sp³-hybridized carbons (Fsp3) is 0.538. The molecule has 84 valence electrons. The van der Waals surface area contributed by atoms with Crippen LogP contribution in [0.3, 0.4) is 0 Å². The van der Waals surface area contributed by atoms with Crippen LogP contribution in [0.15, 0.2) is 18.2 Å². The molecule has 0 radical (unpaired) electrons. The van der Waals surface area contributed by atoms with E-state index in [1.807, 2.05) is 12.1 Å². The summed E-state index contributed by atoms with van der Waals surface area (Å²) < 4.78 is 5.63. The van der Waals surface area contributed by atoms with Crippen molar-refractivity contribution < 1.29 is 4.74 Å². The summed E-state index contributed by atoms with van der Waals surface area (Å²) in [6.07, 6.45) is 2.24. The molecule has 0 amide bonds. The Bertz CT molecular complexity index is 307. The minimum Gasteiger partial charge on any atom is -0.494 e. The topological polar surface area (TPSA) is 9.23 Å². The molecule has 0 aliphatic rings. The third-order valence-electron chi connectivity index (χ3n) is 2.33. The van der Waals surface area contributed by atoms with Crippen molar-refractivity contribution in [1.82, 2.24) is 0 Å². The quantitative estimate of drug-likeness (QED) is 0.665. The average Bonchev–Trinajstić information content (AvgIpc) is 2.17. The van der Waals surface area contributed by atoms with E-state index in [0.717, 1.165) is 30.2 Å². The van der Waals surface area contributed by atoms with Crippen molar-refractivity contribution >= 4 is 11.6 Å². The highest BCUT2D eigenvalue weighted by molar-refractivity contribution is 6.30. The number of halogens is 1. The van der Waals surface area contributed by atoms with E-state index in [1.54, 1.807) is 0 Å². The monoisotopic (exact) mass is 226 g/mol. The fourth-order valence-corrected chi connectivity index (χ4v) is 1.57. The number of hydrogen-bond acceptors (Lipinski definition) is 1. The maximum Gasteiger partial charge on any atom is 0.121 e. The lowest BCUT2D eigenvalue weighted by Crippen LogP contribution is -1.97. The summed E-state index contributed by atoms with van der Waals surface area (Å²) in [6.45, 7) is 7.23. The minimum atomic E-state index is 0.484. The highest BCUT2D eigenvalue weighted by Gasteiger charge is 2.03. The molecule has 0 aliphatic carbocycles. The van der Waals surface area contributed by atoms with E-state index in [9.17, 15) is 0 Å². The van der Waals surface area contributed by atoms with Gasteiger partial charge in [-0.1, -0.05) is 38.8 Å². The van der Waals surface area contributed by atoms with Crippen LogP contribution >= 0.6 is 11.6 Å². The molecule has 0 saturated heterocycles. The van der Waals surface area contributed by atoms with Crippen LogP contribution in [0.2, 0.25) is 5.02 Å². The van der Waals surface area contributed by atoms with Crippen LogP contribution in [0.5, 0.6) is 5.75 Å². The van der Waals surface area contributed by atoms with Crippen molar-refractivity contribution in [2.45, 2.75) is 39.5 Å². The molecule has 1 aromatic rings. The number of unbranched alkanes of at least 4 members (excludes halogenated alkanes) is 1. The minimum absolute atomic E-state index is 0.484. The van der Waals surface area contributed by atoms with Crippen LogP contribution in [-0.2, 0) is 0 Å². The molecule has 0 heterocycles. The predicted octanol–water partition coefficient (Wildman–Crippen LogP) is 4.64. The van der Waals surface area contributed by atoms with Gasteiger partial charge < -0.3 is 4.74 Å². The first-order valence-electron chi connectivity index (χ1n) is 5.56. The van der Waals surface area contributed by atoms with Crippen molar-refractivity contribution in [2.75, 3.05) is 6.61 Å². The van der Waals surface area contributed by atoms with Gasteiger partial charge in [-0.25, -0.2) is 0 Å². The largest absolute Gasteiger partial charge is 0.494 e. The summed E-state index contributed by atoms with van der Waals surface area (Å²) in [5, 5.41) is 0.757. The van der Waals surface area contributed by atoms with Crippen molar-refractivity contribution in [1.29, 1.82) is 0 Å². The second kappa shape index (κ2) is 6.02. The summed E-state index contributed by atoms with van der Waals surface area (Å²) in [5.74, 6) is 1.37. The Morgan fingerprint density at radius 3 is 2.60 bits per heavy atom. The molecule has 0 atom stereocenters. The molecule has 0 spiro atoms. The summed E-state index contributed by atoms with van der Waals surface area (Å²) in [4.78, 5) is 0. The van der Waals surface area contributed by atoms with E-state index < -0.39 is 0 Å². The van der Waals surface area contributed by atoms with Crippen LogP contribution in [0.1, 0.15) is 45.1 Å². The lowest BCUT2D eigenvalue weighted by molar-refractivity contribution is 0.309. The van der Waals surface area contributed by atoms with E-state index in [4.69, 9.17) is 16.3 Å². The third-order valence-corrected chi connectivity index (χ3v) is 2.55. The van der Waals surface area contributed by atoms with Crippen LogP contribution in [0, 0.1) is 0 Å². The normalized spacial score (nSPS) is 10.7. The van der Waals surface area contributed by atoms with Gasteiger partial charge in [0.05, 0.1) is 6.61 Å². The van der Waals surface area contributed by atoms with Gasteiger partial charge >= 0.3 is 0 Å². The second-order valence-electron chi connectivity index (χ2n) is 4.08. The molecule has 1 aromatic carbocycles. The second-order valence-corrected chi connectivity index (χ2v) is 4.51. The van der Waals surface area contributed by atoms with Gasteiger partial charge in [-0.2, -0.15) is 0 Å². The van der Waals surface area contributed by atoms with Gasteiger partial charge in [0.1, 0.15) is 5.75 Å². The van der Waals surface area contributed by atoms with E-state index in [0.29, 0.717) is 5.92 Å². The molecule has 0 unspecified atom stereocenters. The van der Waals surface area contributed by atoms with Gasteiger partial charge in [-0.05, 0) is 36.1 Å². The van der Waals surface area contributed by atoms with Crippen molar-refractivity contribution in [3.8, 4) is 5.75 Å². The summed E-state index contributed by atoms with van der Waals surface area (Å²) in [7, 11) is 0. The molecular formula is C13H19ClO. The molecular weight excluding hydrogens is 208 g/mol. The highest BCUT2D eigenvalue weighted by Crippen LogP contribution is 2.25. The van der Waals surface area contributed by atoms with E-state index in [2.05, 4.69) is 26.8 Å². The Balaban J connectivity index is 2.71. The summed E-state index contributed by atoms with van der Waals surface area (Å²) in [6, 6.07) is 5.95. The van der Waals surface area contributed by atoms with Gasteiger partial charge in [0.25, 0.3) is 0 Å². The molecule has 1 rings (SSSR count). The standard InChI is InChI=1S/C13H19ClO/c1-4-5-6-15-13-8-11(10(2)3)7-12(14)9-13/h7-10H,4-6H2,1-3H3. The first kappa shape index (κ1) is 12.4. The molecule has 1 nitrogen and oxygen atoms in total. The van der Waals surface area contributed by atoms with Gasteiger partial charge in [0, 0.05) is 5.02 Å². The maximum absolute atomic E-state index is 6.03. The molecule has 15 heavy (non-hydrogen) atoms. The van der Waals surface area contributed by atoms with Crippen LogP contribution in [-0.4, -0.2) is 6.61 Å². The smallest absolute Gasteiger partial charge is 0.121 e. The third kappa shape index (κ3) is 4.13. The zero-order valence-corrected chi connectivity index (χ0v) is 10.5. The number of benzene rings is 1. The Morgan fingerprint density at radius 1 is 1.27 bits per heavy atom. The Morgan fingerprint density at radius 2 is 2.00 bits per heavy atom. The predicted molar refractivity (Wildman–Crippen MR) is 65.9 cm³/mol.